The minimum Gasteiger partial charge on any atom is -0.390 e. The predicted molar refractivity (Wildman–Crippen MR) is 148 cm³/mol. The molecular formula is C28H28F3N7O3S. The van der Waals surface area contributed by atoms with Gasteiger partial charge in [0.05, 0.1) is 23.6 Å². The predicted octanol–water partition coefficient (Wildman–Crippen LogP) is 3.78. The maximum Gasteiger partial charge on any atom is 0.416 e. The number of nitrogens with one attached hydrogen (secondary N) is 2. The molecule has 220 valence electrons. The highest BCUT2D eigenvalue weighted by Gasteiger charge is 2.47. The van der Waals surface area contributed by atoms with Crippen LogP contribution >= 0.6 is 11.8 Å². The van der Waals surface area contributed by atoms with Crippen molar-refractivity contribution in [3.05, 3.63) is 65.7 Å². The zero-order chi connectivity index (χ0) is 29.6. The van der Waals surface area contributed by atoms with Crippen molar-refractivity contribution in [2.75, 3.05) is 11.9 Å². The van der Waals surface area contributed by atoms with Crippen molar-refractivity contribution in [3.8, 4) is 0 Å². The highest BCUT2D eigenvalue weighted by Crippen LogP contribution is 2.44. The maximum atomic E-state index is 13.1. The number of hydrogen-bond donors (Lipinski definition) is 4. The van der Waals surface area contributed by atoms with Gasteiger partial charge in [0.2, 0.25) is 5.91 Å². The lowest BCUT2D eigenvalue weighted by Gasteiger charge is -2.17. The molecule has 6 rings (SSSR count). The molecule has 0 aliphatic heterocycles. The first-order valence-corrected chi connectivity index (χ1v) is 14.4. The SMILES string of the molecule is CCNC(=O)[C@@H]1C[C@H](n2nnc3c(NC4CC4c4ccccc4)nc(Sc4ccc(C(F)(F)F)cc4)nc32)[C@@H](O)[C@H]1O. The maximum absolute atomic E-state index is 13.1. The zero-order valence-electron chi connectivity index (χ0n) is 22.4. The number of halogens is 3. The fourth-order valence-electron chi connectivity index (χ4n) is 5.41. The van der Waals surface area contributed by atoms with E-state index in [1.807, 2.05) is 18.2 Å². The Kier molecular flexibility index (Phi) is 7.53. The number of fused-ring (bicyclic) bond motifs is 1. The summed E-state index contributed by atoms with van der Waals surface area (Å²) in [6.45, 7) is 2.15. The van der Waals surface area contributed by atoms with Gasteiger partial charge in [-0.1, -0.05) is 35.5 Å². The van der Waals surface area contributed by atoms with Crippen molar-refractivity contribution >= 4 is 34.7 Å². The first-order valence-electron chi connectivity index (χ1n) is 13.6. The van der Waals surface area contributed by atoms with Crippen LogP contribution in [-0.4, -0.2) is 65.9 Å². The topological polar surface area (TPSA) is 138 Å². The number of anilines is 1. The third-order valence-corrected chi connectivity index (χ3v) is 8.56. The quantitative estimate of drug-likeness (QED) is 0.223. The van der Waals surface area contributed by atoms with Crippen molar-refractivity contribution < 1.29 is 28.2 Å². The second-order valence-corrected chi connectivity index (χ2v) is 11.5. The van der Waals surface area contributed by atoms with Crippen LogP contribution in [0.1, 0.15) is 42.9 Å². The number of aliphatic hydroxyl groups is 2. The minimum absolute atomic E-state index is 0.0700. The first kappa shape index (κ1) is 28.4. The Labute approximate surface area is 242 Å². The van der Waals surface area contributed by atoms with E-state index in [0.717, 1.165) is 30.3 Å². The summed E-state index contributed by atoms with van der Waals surface area (Å²) in [5.41, 5.74) is 1.03. The molecule has 2 aliphatic rings. The molecule has 14 heteroatoms. The molecule has 0 bridgehead atoms. The largest absolute Gasteiger partial charge is 0.416 e. The summed E-state index contributed by atoms with van der Waals surface area (Å²) in [5.74, 6) is -0.547. The average Bonchev–Trinajstić information content (AvgIpc) is 3.51. The van der Waals surface area contributed by atoms with Crippen molar-refractivity contribution in [2.45, 2.75) is 66.2 Å². The lowest BCUT2D eigenvalue weighted by Crippen LogP contribution is -2.38. The second kappa shape index (κ2) is 11.2. The smallest absolute Gasteiger partial charge is 0.390 e. The fourth-order valence-corrected chi connectivity index (χ4v) is 6.16. The molecule has 2 fully saturated rings. The Bertz CT molecular complexity index is 1590. The molecule has 2 aliphatic carbocycles. The van der Waals surface area contributed by atoms with Crippen molar-refractivity contribution in [3.63, 3.8) is 0 Å². The normalized spacial score (nSPS) is 25.5. The van der Waals surface area contributed by atoms with Crippen LogP contribution in [0.15, 0.2) is 64.6 Å². The molecule has 0 radical (unpaired) electrons. The van der Waals surface area contributed by atoms with Crippen molar-refractivity contribution in [1.29, 1.82) is 0 Å². The molecule has 0 spiro atoms. The van der Waals surface area contributed by atoms with Gasteiger partial charge in [0, 0.05) is 23.4 Å². The fraction of sp³-hybridized carbons (Fsp3) is 0.393. The molecule has 6 atom stereocenters. The molecule has 1 amide bonds. The van der Waals surface area contributed by atoms with E-state index in [1.54, 1.807) is 6.92 Å². The monoisotopic (exact) mass is 599 g/mol. The van der Waals surface area contributed by atoms with Crippen LogP contribution in [-0.2, 0) is 11.0 Å². The molecule has 2 aromatic carbocycles. The van der Waals surface area contributed by atoms with Crippen LogP contribution < -0.4 is 10.6 Å². The number of alkyl halides is 3. The van der Waals surface area contributed by atoms with E-state index >= 15 is 0 Å². The summed E-state index contributed by atoms with van der Waals surface area (Å²) >= 11 is 1.07. The Morgan fingerprint density at radius 1 is 1.05 bits per heavy atom. The van der Waals surface area contributed by atoms with E-state index in [0.29, 0.717) is 22.8 Å². The molecule has 2 unspecified atom stereocenters. The Morgan fingerprint density at radius 3 is 2.48 bits per heavy atom. The van der Waals surface area contributed by atoms with Gasteiger partial charge in [0.15, 0.2) is 22.1 Å². The molecule has 2 saturated carbocycles. The van der Waals surface area contributed by atoms with Gasteiger partial charge in [0.1, 0.15) is 6.10 Å². The highest BCUT2D eigenvalue weighted by molar-refractivity contribution is 7.99. The molecule has 42 heavy (non-hydrogen) atoms. The number of aliphatic hydroxyl groups excluding tert-OH is 2. The summed E-state index contributed by atoms with van der Waals surface area (Å²) in [5, 5.41) is 36.4. The average molecular weight is 600 g/mol. The summed E-state index contributed by atoms with van der Waals surface area (Å²) < 4.78 is 40.6. The van der Waals surface area contributed by atoms with Gasteiger partial charge in [-0.05, 0) is 61.4 Å². The number of benzene rings is 2. The van der Waals surface area contributed by atoms with Crippen LogP contribution in [0.5, 0.6) is 0 Å². The number of amides is 1. The summed E-state index contributed by atoms with van der Waals surface area (Å²) in [6, 6.07) is 14.0. The third kappa shape index (κ3) is 5.53. The summed E-state index contributed by atoms with van der Waals surface area (Å²) in [6.07, 6.45) is -6.08. The van der Waals surface area contributed by atoms with Crippen LogP contribution in [0.3, 0.4) is 0 Å². The number of hydrogen-bond acceptors (Lipinski definition) is 9. The number of carbonyl (C=O) groups excluding carboxylic acids is 1. The molecule has 4 N–H and O–H groups in total. The van der Waals surface area contributed by atoms with E-state index < -0.39 is 35.9 Å². The van der Waals surface area contributed by atoms with Gasteiger partial charge >= 0.3 is 6.18 Å². The number of carbonyl (C=O) groups is 1. The van der Waals surface area contributed by atoms with Crippen molar-refractivity contribution in [2.24, 2.45) is 5.92 Å². The summed E-state index contributed by atoms with van der Waals surface area (Å²) in [4.78, 5) is 22.3. The van der Waals surface area contributed by atoms with Gasteiger partial charge in [0.25, 0.3) is 0 Å². The number of aromatic nitrogens is 5. The molecule has 2 aromatic heterocycles. The van der Waals surface area contributed by atoms with Crippen LogP contribution in [0.25, 0.3) is 11.2 Å². The Hall–Kier alpha value is -3.75. The van der Waals surface area contributed by atoms with Crippen LogP contribution in [0.2, 0.25) is 0 Å². The molecular weight excluding hydrogens is 571 g/mol. The summed E-state index contributed by atoms with van der Waals surface area (Å²) in [7, 11) is 0. The molecule has 0 saturated heterocycles. The lowest BCUT2D eigenvalue weighted by molar-refractivity contribution is -0.137. The second-order valence-electron chi connectivity index (χ2n) is 10.5. The number of nitrogens with zero attached hydrogens (tertiary/aromatic N) is 5. The van der Waals surface area contributed by atoms with Gasteiger partial charge in [-0.2, -0.15) is 13.2 Å². The molecule has 2 heterocycles. The Balaban J connectivity index is 1.34. The van der Waals surface area contributed by atoms with Crippen LogP contribution in [0, 0.1) is 5.92 Å². The van der Waals surface area contributed by atoms with E-state index in [1.165, 1.54) is 22.4 Å². The van der Waals surface area contributed by atoms with E-state index in [2.05, 4.69) is 43.0 Å². The van der Waals surface area contributed by atoms with Gasteiger partial charge in [-0.3, -0.25) is 4.79 Å². The minimum atomic E-state index is -4.45. The van der Waals surface area contributed by atoms with Gasteiger partial charge in [-0.25, -0.2) is 14.6 Å². The lowest BCUT2D eigenvalue weighted by atomic mass is 10.0. The third-order valence-electron chi connectivity index (χ3n) is 7.69. The number of rotatable bonds is 8. The zero-order valence-corrected chi connectivity index (χ0v) is 23.2. The molecule has 4 aromatic rings. The van der Waals surface area contributed by atoms with Gasteiger partial charge < -0.3 is 20.8 Å². The highest BCUT2D eigenvalue weighted by atomic mass is 32.2. The first-order chi connectivity index (χ1) is 20.1. The van der Waals surface area contributed by atoms with Crippen LogP contribution in [0.4, 0.5) is 19.0 Å². The Morgan fingerprint density at radius 2 is 1.79 bits per heavy atom. The standard InChI is InChI=1S/C28H28F3N7O3S/c1-2-32-26(41)18-13-20(23(40)22(18)39)38-25-21(36-37-38)24(33-19-12-17(19)14-6-4-3-5-7-14)34-27(35-25)42-16-10-8-15(9-11-16)28(29,30)31/h3-11,17-20,22-23,39-40H,2,12-13H2,1H3,(H,32,41)(H,33,34,35)/t17?,18-,19?,20+,22+,23-/m1/s1. The molecule has 10 nitrogen and oxygen atoms in total. The van der Waals surface area contributed by atoms with Gasteiger partial charge in [-0.15, -0.1) is 5.10 Å². The van der Waals surface area contributed by atoms with E-state index in [4.69, 9.17) is 0 Å². The van der Waals surface area contributed by atoms with E-state index in [9.17, 15) is 28.2 Å². The van der Waals surface area contributed by atoms with E-state index in [-0.39, 0.29) is 35.1 Å². The van der Waals surface area contributed by atoms with Crippen molar-refractivity contribution in [1.82, 2.24) is 30.3 Å².